The standard InChI is InChI=1S/C18H20FNO2/c19-16-10-4-9-15(12-16)17(21)13-18(22)20-11-5-8-14-6-2-1-3-7-14/h1-4,6-7,9-10,12,17,21H,5,8,11,13H2,(H,20,22). The minimum absolute atomic E-state index is 0.0607. The van der Waals surface area contributed by atoms with Crippen molar-refractivity contribution in [2.75, 3.05) is 6.54 Å². The van der Waals surface area contributed by atoms with E-state index in [0.717, 1.165) is 12.8 Å². The van der Waals surface area contributed by atoms with Crippen molar-refractivity contribution in [1.29, 1.82) is 0 Å². The van der Waals surface area contributed by atoms with Crippen molar-refractivity contribution in [3.63, 3.8) is 0 Å². The van der Waals surface area contributed by atoms with Crippen molar-refractivity contribution in [1.82, 2.24) is 5.32 Å². The zero-order valence-electron chi connectivity index (χ0n) is 12.3. The Morgan fingerprint density at radius 1 is 1.14 bits per heavy atom. The van der Waals surface area contributed by atoms with Crippen LogP contribution in [0.4, 0.5) is 4.39 Å². The first kappa shape index (κ1) is 16.2. The lowest BCUT2D eigenvalue weighted by atomic mass is 10.1. The molecule has 0 bridgehead atoms. The van der Waals surface area contributed by atoms with E-state index in [0.29, 0.717) is 12.1 Å². The summed E-state index contributed by atoms with van der Waals surface area (Å²) in [4.78, 5) is 11.8. The van der Waals surface area contributed by atoms with E-state index < -0.39 is 11.9 Å². The van der Waals surface area contributed by atoms with Crippen molar-refractivity contribution >= 4 is 5.91 Å². The molecule has 0 aromatic heterocycles. The maximum Gasteiger partial charge on any atom is 0.222 e. The predicted molar refractivity (Wildman–Crippen MR) is 83.7 cm³/mol. The summed E-state index contributed by atoms with van der Waals surface area (Å²) in [5.74, 6) is -0.648. The van der Waals surface area contributed by atoms with Gasteiger partial charge in [-0.15, -0.1) is 0 Å². The Morgan fingerprint density at radius 2 is 1.91 bits per heavy atom. The summed E-state index contributed by atoms with van der Waals surface area (Å²) in [6.07, 6.45) is 0.693. The molecular formula is C18H20FNO2. The zero-order valence-corrected chi connectivity index (χ0v) is 12.3. The summed E-state index contributed by atoms with van der Waals surface area (Å²) in [7, 11) is 0. The number of carbonyl (C=O) groups excluding carboxylic acids is 1. The van der Waals surface area contributed by atoms with Gasteiger partial charge in [-0.2, -0.15) is 0 Å². The molecule has 2 aromatic carbocycles. The van der Waals surface area contributed by atoms with Crippen molar-refractivity contribution in [2.24, 2.45) is 0 Å². The average molecular weight is 301 g/mol. The Bertz CT molecular complexity index is 601. The van der Waals surface area contributed by atoms with E-state index in [2.05, 4.69) is 17.4 Å². The Kier molecular flexibility index (Phi) is 6.10. The second kappa shape index (κ2) is 8.29. The highest BCUT2D eigenvalue weighted by atomic mass is 19.1. The fraction of sp³-hybridized carbons (Fsp3) is 0.278. The summed E-state index contributed by atoms with van der Waals surface area (Å²) in [6.45, 7) is 0.559. The number of aliphatic hydroxyl groups excluding tert-OH is 1. The zero-order chi connectivity index (χ0) is 15.8. The highest BCUT2D eigenvalue weighted by molar-refractivity contribution is 5.76. The van der Waals surface area contributed by atoms with Gasteiger partial charge in [0.15, 0.2) is 0 Å². The summed E-state index contributed by atoms with van der Waals surface area (Å²) >= 11 is 0. The molecule has 1 amide bonds. The fourth-order valence-electron chi connectivity index (χ4n) is 2.24. The van der Waals surface area contributed by atoms with Gasteiger partial charge >= 0.3 is 0 Å². The first-order valence-corrected chi connectivity index (χ1v) is 7.39. The van der Waals surface area contributed by atoms with Crippen LogP contribution in [0.1, 0.15) is 30.1 Å². The lowest BCUT2D eigenvalue weighted by molar-refractivity contribution is -0.123. The monoisotopic (exact) mass is 301 g/mol. The highest BCUT2D eigenvalue weighted by Crippen LogP contribution is 2.17. The van der Waals surface area contributed by atoms with Crippen molar-refractivity contribution in [3.8, 4) is 0 Å². The van der Waals surface area contributed by atoms with Gasteiger partial charge in [0.25, 0.3) is 0 Å². The molecule has 0 heterocycles. The van der Waals surface area contributed by atoms with E-state index in [1.54, 1.807) is 6.07 Å². The van der Waals surface area contributed by atoms with E-state index in [-0.39, 0.29) is 12.3 Å². The molecule has 0 saturated heterocycles. The van der Waals surface area contributed by atoms with Gasteiger partial charge < -0.3 is 10.4 Å². The molecule has 0 radical (unpaired) electrons. The van der Waals surface area contributed by atoms with Crippen LogP contribution in [0.3, 0.4) is 0 Å². The average Bonchev–Trinajstić information content (AvgIpc) is 2.52. The van der Waals surface area contributed by atoms with E-state index in [9.17, 15) is 14.3 Å². The number of aryl methyl sites for hydroxylation is 1. The summed E-state index contributed by atoms with van der Waals surface area (Å²) in [5.41, 5.74) is 1.65. The fourth-order valence-corrected chi connectivity index (χ4v) is 2.24. The Morgan fingerprint density at radius 3 is 2.64 bits per heavy atom. The lowest BCUT2D eigenvalue weighted by Gasteiger charge is -2.11. The number of benzene rings is 2. The third kappa shape index (κ3) is 5.30. The molecule has 0 aliphatic carbocycles. The number of hydrogen-bond acceptors (Lipinski definition) is 2. The van der Waals surface area contributed by atoms with Gasteiger partial charge in [0.2, 0.25) is 5.91 Å². The predicted octanol–water partition coefficient (Wildman–Crippen LogP) is 3.00. The lowest BCUT2D eigenvalue weighted by Crippen LogP contribution is -2.26. The molecule has 4 heteroatoms. The van der Waals surface area contributed by atoms with Gasteiger partial charge in [0, 0.05) is 6.54 Å². The maximum atomic E-state index is 13.1. The third-order valence-electron chi connectivity index (χ3n) is 3.42. The second-order valence-electron chi connectivity index (χ2n) is 5.21. The molecule has 1 unspecified atom stereocenters. The summed E-state index contributed by atoms with van der Waals surface area (Å²) in [5, 5.41) is 12.7. The molecule has 116 valence electrons. The van der Waals surface area contributed by atoms with Crippen LogP contribution in [-0.2, 0) is 11.2 Å². The van der Waals surface area contributed by atoms with Gasteiger partial charge in [0.1, 0.15) is 5.82 Å². The molecule has 2 N–H and O–H groups in total. The third-order valence-corrected chi connectivity index (χ3v) is 3.42. The van der Waals surface area contributed by atoms with Crippen molar-refractivity contribution < 1.29 is 14.3 Å². The van der Waals surface area contributed by atoms with Crippen LogP contribution in [0.2, 0.25) is 0 Å². The van der Waals surface area contributed by atoms with Crippen molar-refractivity contribution in [2.45, 2.75) is 25.4 Å². The molecular weight excluding hydrogens is 281 g/mol. The number of hydrogen-bond donors (Lipinski definition) is 2. The van der Waals surface area contributed by atoms with Gasteiger partial charge in [-0.1, -0.05) is 42.5 Å². The molecule has 3 nitrogen and oxygen atoms in total. The first-order valence-electron chi connectivity index (χ1n) is 7.39. The van der Waals surface area contributed by atoms with E-state index >= 15 is 0 Å². The number of amides is 1. The van der Waals surface area contributed by atoms with Gasteiger partial charge in [-0.05, 0) is 36.1 Å². The minimum atomic E-state index is -0.982. The number of halogens is 1. The van der Waals surface area contributed by atoms with Crippen LogP contribution in [0, 0.1) is 5.82 Å². The molecule has 0 aliphatic rings. The van der Waals surface area contributed by atoms with Crippen LogP contribution in [0.5, 0.6) is 0 Å². The Balaban J connectivity index is 1.69. The Hall–Kier alpha value is -2.20. The summed E-state index contributed by atoms with van der Waals surface area (Å²) < 4.78 is 13.1. The van der Waals surface area contributed by atoms with Crippen LogP contribution in [0.25, 0.3) is 0 Å². The first-order chi connectivity index (χ1) is 10.6. The quantitative estimate of drug-likeness (QED) is 0.772. The Labute approximate surface area is 129 Å². The van der Waals surface area contributed by atoms with E-state index in [1.165, 1.54) is 23.8 Å². The van der Waals surface area contributed by atoms with Gasteiger partial charge in [-0.25, -0.2) is 4.39 Å². The SMILES string of the molecule is O=C(CC(O)c1cccc(F)c1)NCCCc1ccccc1. The van der Waals surface area contributed by atoms with Crippen molar-refractivity contribution in [3.05, 3.63) is 71.5 Å². The largest absolute Gasteiger partial charge is 0.388 e. The van der Waals surface area contributed by atoms with Crippen LogP contribution in [0.15, 0.2) is 54.6 Å². The molecule has 0 spiro atoms. The normalized spacial score (nSPS) is 11.9. The summed E-state index contributed by atoms with van der Waals surface area (Å²) in [6, 6.07) is 15.7. The molecule has 22 heavy (non-hydrogen) atoms. The highest BCUT2D eigenvalue weighted by Gasteiger charge is 2.13. The molecule has 2 aromatic rings. The molecule has 0 saturated carbocycles. The van der Waals surface area contributed by atoms with Gasteiger partial charge in [0.05, 0.1) is 12.5 Å². The number of rotatable bonds is 7. The van der Waals surface area contributed by atoms with Gasteiger partial charge in [-0.3, -0.25) is 4.79 Å². The number of carbonyl (C=O) groups is 1. The van der Waals surface area contributed by atoms with E-state index in [4.69, 9.17) is 0 Å². The topological polar surface area (TPSA) is 49.3 Å². The van der Waals surface area contributed by atoms with Crippen LogP contribution in [-0.4, -0.2) is 17.6 Å². The number of nitrogens with one attached hydrogen (secondary N) is 1. The second-order valence-corrected chi connectivity index (χ2v) is 5.21. The van der Waals surface area contributed by atoms with Crippen LogP contribution < -0.4 is 5.32 Å². The minimum Gasteiger partial charge on any atom is -0.388 e. The number of aliphatic hydroxyl groups is 1. The maximum absolute atomic E-state index is 13.1. The molecule has 0 fully saturated rings. The molecule has 0 aliphatic heterocycles. The smallest absolute Gasteiger partial charge is 0.222 e. The molecule has 2 rings (SSSR count). The van der Waals surface area contributed by atoms with E-state index in [1.807, 2.05) is 18.2 Å². The van der Waals surface area contributed by atoms with Crippen LogP contribution >= 0.6 is 0 Å². The molecule has 1 atom stereocenters.